The van der Waals surface area contributed by atoms with Gasteiger partial charge in [0.25, 0.3) is 0 Å². The molecule has 0 N–H and O–H groups in total. The Morgan fingerprint density at radius 3 is 1.23 bits per heavy atom. The highest BCUT2D eigenvalue weighted by molar-refractivity contribution is 5.15. The summed E-state index contributed by atoms with van der Waals surface area (Å²) in [7, 11) is 5.24. The van der Waals surface area contributed by atoms with Gasteiger partial charge in [-0.05, 0) is 49.7 Å². The number of likely N-dealkylation sites (N-methyl/N-ethyl adjacent to an activating group) is 2. The van der Waals surface area contributed by atoms with Gasteiger partial charge in [-0.25, -0.2) is 0 Å². The highest BCUT2D eigenvalue weighted by Gasteiger charge is 2.49. The van der Waals surface area contributed by atoms with Gasteiger partial charge in [-0.3, -0.25) is 9.80 Å². The summed E-state index contributed by atoms with van der Waals surface area (Å²) in [5.41, 5.74) is 2.96. The van der Waals surface area contributed by atoms with Crippen LogP contribution in [0, 0.1) is 0 Å². The summed E-state index contributed by atoms with van der Waals surface area (Å²) in [6, 6.07) is 25.6. The molecule has 4 saturated heterocycles. The van der Waals surface area contributed by atoms with Crippen LogP contribution in [-0.4, -0.2) is 96.3 Å². The summed E-state index contributed by atoms with van der Waals surface area (Å²) >= 11 is 0. The van der Waals surface area contributed by atoms with Crippen molar-refractivity contribution in [3.8, 4) is 0 Å². The first kappa shape index (κ1) is 28.4. The normalized spacial score (nSPS) is 34.5. The summed E-state index contributed by atoms with van der Waals surface area (Å²) in [5.74, 6) is 0. The van der Waals surface area contributed by atoms with Crippen molar-refractivity contribution in [2.24, 2.45) is 0 Å². The number of hydrogen-bond donors (Lipinski definition) is 0. The van der Waals surface area contributed by atoms with Gasteiger partial charge < -0.3 is 8.97 Å². The van der Waals surface area contributed by atoms with Gasteiger partial charge in [0.1, 0.15) is 24.2 Å². The molecule has 4 heteroatoms. The third-order valence-corrected chi connectivity index (χ3v) is 11.9. The highest BCUT2D eigenvalue weighted by atomic mass is 15.5. The van der Waals surface area contributed by atoms with Gasteiger partial charge in [-0.15, -0.1) is 0 Å². The molecule has 0 radical (unpaired) electrons. The van der Waals surface area contributed by atoms with Gasteiger partial charge in [-0.1, -0.05) is 60.7 Å². The monoisotopic (exact) mass is 544 g/mol. The lowest BCUT2D eigenvalue weighted by Gasteiger charge is -2.56. The fourth-order valence-electron chi connectivity index (χ4n) is 9.34. The van der Waals surface area contributed by atoms with Crippen molar-refractivity contribution in [3.05, 3.63) is 71.8 Å². The number of rotatable bonds is 11. The van der Waals surface area contributed by atoms with Crippen LogP contribution in [0.25, 0.3) is 0 Å². The van der Waals surface area contributed by atoms with Crippen molar-refractivity contribution in [3.63, 3.8) is 0 Å². The Balaban J connectivity index is 0.949. The third-order valence-electron chi connectivity index (χ3n) is 11.9. The van der Waals surface area contributed by atoms with Gasteiger partial charge >= 0.3 is 0 Å². The van der Waals surface area contributed by atoms with E-state index in [1.165, 1.54) is 124 Å². The Kier molecular flexibility index (Phi) is 8.98. The van der Waals surface area contributed by atoms with E-state index in [2.05, 4.69) is 84.6 Å². The molecule has 6 rings (SSSR count). The maximum atomic E-state index is 2.77. The molecule has 4 nitrogen and oxygen atoms in total. The number of benzene rings is 2. The zero-order valence-corrected chi connectivity index (χ0v) is 25.6. The van der Waals surface area contributed by atoms with Crippen LogP contribution >= 0.6 is 0 Å². The van der Waals surface area contributed by atoms with Gasteiger partial charge in [0.2, 0.25) is 0 Å². The van der Waals surface area contributed by atoms with E-state index in [1.54, 1.807) is 0 Å². The second-order valence-corrected chi connectivity index (χ2v) is 14.4. The van der Waals surface area contributed by atoms with Gasteiger partial charge in [0.15, 0.2) is 0 Å². The van der Waals surface area contributed by atoms with Crippen molar-refractivity contribution in [2.75, 3.05) is 53.4 Å². The molecule has 0 amide bonds. The number of hydrogen-bond acceptors (Lipinski definition) is 2. The molecule has 0 spiro atoms. The first-order valence-corrected chi connectivity index (χ1v) is 16.8. The molecule has 4 fully saturated rings. The molecule has 40 heavy (non-hydrogen) atoms. The molecule has 0 saturated carbocycles. The first-order valence-electron chi connectivity index (χ1n) is 16.8. The molecule has 4 unspecified atom stereocenters. The number of unbranched alkanes of at least 4 members (excludes halogenated alkanes) is 3. The Labute approximate surface area is 245 Å². The average molecular weight is 545 g/mol. The fraction of sp³-hybridized carbons (Fsp3) is 0.667. The van der Waals surface area contributed by atoms with Crippen molar-refractivity contribution in [2.45, 2.75) is 101 Å². The Morgan fingerprint density at radius 2 is 0.875 bits per heavy atom. The second kappa shape index (κ2) is 12.7. The third kappa shape index (κ3) is 6.21. The molecule has 0 aliphatic carbocycles. The Bertz CT molecular complexity index is 941. The largest absolute Gasteiger partial charge is 0.319 e. The minimum Gasteiger partial charge on any atom is -0.319 e. The number of fused-ring (bicyclic) bond motifs is 4. The van der Waals surface area contributed by atoms with Crippen LogP contribution in [0.15, 0.2) is 60.7 Å². The predicted octanol–water partition coefficient (Wildman–Crippen LogP) is 6.31. The maximum absolute atomic E-state index is 2.77. The van der Waals surface area contributed by atoms with E-state index in [1.807, 2.05) is 0 Å². The molecular formula is C36H56N4+2. The van der Waals surface area contributed by atoms with Gasteiger partial charge in [0, 0.05) is 38.8 Å². The first-order chi connectivity index (χ1) is 19.5. The van der Waals surface area contributed by atoms with Gasteiger partial charge in [-0.2, -0.15) is 0 Å². The minimum atomic E-state index is 0.840. The van der Waals surface area contributed by atoms with Crippen LogP contribution in [0.2, 0.25) is 0 Å². The summed E-state index contributed by atoms with van der Waals surface area (Å²) in [6.45, 7) is 10.3. The van der Waals surface area contributed by atoms with Crippen LogP contribution in [0.3, 0.4) is 0 Å². The van der Waals surface area contributed by atoms with Crippen LogP contribution in [-0.2, 0) is 13.1 Å². The fourth-order valence-corrected chi connectivity index (χ4v) is 9.34. The van der Waals surface area contributed by atoms with E-state index in [9.17, 15) is 0 Å². The van der Waals surface area contributed by atoms with E-state index in [-0.39, 0.29) is 0 Å². The zero-order chi connectivity index (χ0) is 27.4. The summed E-state index contributed by atoms with van der Waals surface area (Å²) in [6.07, 6.45) is 14.3. The quantitative estimate of drug-likeness (QED) is 0.241. The smallest absolute Gasteiger partial charge is 0.102 e. The number of nitrogens with zero attached hydrogens (tertiary/aromatic N) is 4. The maximum Gasteiger partial charge on any atom is 0.102 e. The lowest BCUT2D eigenvalue weighted by molar-refractivity contribution is -0.966. The Morgan fingerprint density at radius 1 is 0.525 bits per heavy atom. The standard InChI is InChI=1S/C36H56N4/c1-39(33-19-13-20-34(39)28-37(27-33)25-31-15-7-5-8-16-31)23-11-3-4-12-24-40(2)35-21-14-22-36(40)30-38(29-35)26-32-17-9-6-10-18-32/h5-10,15-18,33-36H,3-4,11-14,19-30H2,1-2H3/q+2. The molecule has 4 atom stereocenters. The van der Waals surface area contributed by atoms with Crippen LogP contribution in [0.4, 0.5) is 0 Å². The molecule has 4 heterocycles. The van der Waals surface area contributed by atoms with Crippen molar-refractivity contribution >= 4 is 0 Å². The van der Waals surface area contributed by atoms with E-state index >= 15 is 0 Å². The number of likely N-dealkylation sites (tertiary alicyclic amines) is 2. The van der Waals surface area contributed by atoms with Crippen LogP contribution in [0.5, 0.6) is 0 Å². The molecule has 218 valence electrons. The van der Waals surface area contributed by atoms with Crippen molar-refractivity contribution in [1.29, 1.82) is 0 Å². The number of piperazine rings is 2. The predicted molar refractivity (Wildman–Crippen MR) is 167 cm³/mol. The van der Waals surface area contributed by atoms with E-state index in [0.29, 0.717) is 0 Å². The summed E-state index contributed by atoms with van der Waals surface area (Å²) in [5, 5.41) is 0. The molecule has 4 aliphatic heterocycles. The number of piperidine rings is 2. The lowest BCUT2D eigenvalue weighted by atomic mass is 9.87. The van der Waals surface area contributed by atoms with Crippen molar-refractivity contribution in [1.82, 2.24) is 9.80 Å². The molecule has 2 aromatic rings. The molecule has 4 aliphatic rings. The number of quaternary nitrogens is 2. The van der Waals surface area contributed by atoms with Gasteiger partial charge in [0.05, 0.1) is 53.4 Å². The SMILES string of the molecule is C[N+]1(CCCCCC[N+]2(C)C3CCCC2CN(Cc2ccccc2)C3)C2CCCC1CN(Cc1ccccc1)C2. The highest BCUT2D eigenvalue weighted by Crippen LogP contribution is 2.37. The second-order valence-electron chi connectivity index (χ2n) is 14.4. The summed E-state index contributed by atoms with van der Waals surface area (Å²) < 4.78 is 2.72. The van der Waals surface area contributed by atoms with Crippen LogP contribution < -0.4 is 0 Å². The molecule has 2 aromatic carbocycles. The average Bonchev–Trinajstić information content (AvgIpc) is 2.93. The topological polar surface area (TPSA) is 6.48 Å². The van der Waals surface area contributed by atoms with Crippen molar-refractivity contribution < 1.29 is 8.97 Å². The van der Waals surface area contributed by atoms with E-state index in [0.717, 1.165) is 37.3 Å². The zero-order valence-electron chi connectivity index (χ0n) is 25.6. The van der Waals surface area contributed by atoms with E-state index < -0.39 is 0 Å². The lowest BCUT2D eigenvalue weighted by Crippen LogP contribution is -2.70. The molecule has 0 aromatic heterocycles. The van der Waals surface area contributed by atoms with Crippen LogP contribution in [0.1, 0.15) is 75.3 Å². The molecule has 4 bridgehead atoms. The minimum absolute atomic E-state index is 0.840. The Hall–Kier alpha value is -1.72. The molecular weight excluding hydrogens is 488 g/mol. The van der Waals surface area contributed by atoms with E-state index in [4.69, 9.17) is 0 Å². The summed E-state index contributed by atoms with van der Waals surface area (Å²) in [4.78, 5) is 5.54.